The zero-order valence-electron chi connectivity index (χ0n) is 19.2. The van der Waals surface area contributed by atoms with Crippen LogP contribution >= 0.6 is 0 Å². The van der Waals surface area contributed by atoms with Gasteiger partial charge in [0, 0.05) is 25.8 Å². The van der Waals surface area contributed by atoms with E-state index in [9.17, 15) is 4.79 Å². The standard InChI is InChI=1S/C28H29NO5/c1-31-28-24(29(17-20-11-5-2-6-12-20)18-21-13-7-3-8-14-21)25(30)26-23(33-28)19-32-27(34-26)22-15-9-4-10-16-22/h2-16,23-24,26-28H,17-19H2,1H3/t23-,24-,26-,27-,28+/m1/s1. The second-order valence-corrected chi connectivity index (χ2v) is 8.63. The summed E-state index contributed by atoms with van der Waals surface area (Å²) in [5.74, 6) is -0.0424. The van der Waals surface area contributed by atoms with Gasteiger partial charge in [0.25, 0.3) is 0 Å². The van der Waals surface area contributed by atoms with Gasteiger partial charge < -0.3 is 18.9 Å². The molecule has 0 N–H and O–H groups in total. The van der Waals surface area contributed by atoms with Crippen molar-refractivity contribution < 1.29 is 23.7 Å². The molecule has 5 rings (SSSR count). The maximum atomic E-state index is 13.9. The SMILES string of the molecule is CO[C@H]1O[C@@H]2CO[C@@H](c3ccccc3)O[C@H]2C(=O)[C@H]1N(Cc1ccccc1)Cc1ccccc1. The molecule has 2 saturated heterocycles. The van der Waals surface area contributed by atoms with E-state index in [1.54, 1.807) is 7.11 Å². The zero-order valence-corrected chi connectivity index (χ0v) is 19.2. The van der Waals surface area contributed by atoms with Crippen molar-refractivity contribution in [2.45, 2.75) is 43.9 Å². The molecule has 2 aliphatic rings. The fraction of sp³-hybridized carbons (Fsp3) is 0.321. The maximum Gasteiger partial charge on any atom is 0.186 e. The molecule has 2 heterocycles. The van der Waals surface area contributed by atoms with Gasteiger partial charge in [0.15, 0.2) is 18.4 Å². The summed E-state index contributed by atoms with van der Waals surface area (Å²) in [6.45, 7) is 1.41. The lowest BCUT2D eigenvalue weighted by Crippen LogP contribution is -2.64. The topological polar surface area (TPSA) is 57.2 Å². The Hall–Kier alpha value is -2.87. The number of methoxy groups -OCH3 is 1. The number of ether oxygens (including phenoxy) is 4. The van der Waals surface area contributed by atoms with Gasteiger partial charge in [-0.05, 0) is 11.1 Å². The Morgan fingerprint density at radius 2 is 1.38 bits per heavy atom. The first-order valence-electron chi connectivity index (χ1n) is 11.6. The average molecular weight is 460 g/mol. The summed E-state index contributed by atoms with van der Waals surface area (Å²) in [7, 11) is 1.58. The molecular weight excluding hydrogens is 430 g/mol. The van der Waals surface area contributed by atoms with Crippen molar-refractivity contribution in [3.05, 3.63) is 108 Å². The Balaban J connectivity index is 1.43. The van der Waals surface area contributed by atoms with Crippen molar-refractivity contribution in [3.63, 3.8) is 0 Å². The number of benzene rings is 3. The lowest BCUT2D eigenvalue weighted by atomic mass is 9.95. The minimum atomic E-state index is -0.732. The third-order valence-corrected chi connectivity index (χ3v) is 6.31. The molecule has 3 aromatic carbocycles. The number of ketones is 1. The number of carbonyl (C=O) groups excluding carboxylic acids is 1. The molecular formula is C28H29NO5. The fourth-order valence-corrected chi connectivity index (χ4v) is 4.65. The van der Waals surface area contributed by atoms with Gasteiger partial charge in [-0.2, -0.15) is 0 Å². The first kappa shape index (κ1) is 22.9. The van der Waals surface area contributed by atoms with E-state index in [2.05, 4.69) is 29.2 Å². The van der Waals surface area contributed by atoms with E-state index in [-0.39, 0.29) is 12.4 Å². The third-order valence-electron chi connectivity index (χ3n) is 6.31. The number of hydrogen-bond donors (Lipinski definition) is 0. The Kier molecular flexibility index (Phi) is 7.13. The smallest absolute Gasteiger partial charge is 0.186 e. The molecule has 0 spiro atoms. The lowest BCUT2D eigenvalue weighted by molar-refractivity contribution is -0.309. The first-order chi connectivity index (χ1) is 16.7. The first-order valence-corrected chi connectivity index (χ1v) is 11.6. The molecule has 2 aliphatic heterocycles. The summed E-state index contributed by atoms with van der Waals surface area (Å²) in [6, 6.07) is 29.3. The number of carbonyl (C=O) groups is 1. The number of hydrogen-bond acceptors (Lipinski definition) is 6. The van der Waals surface area contributed by atoms with E-state index >= 15 is 0 Å². The van der Waals surface area contributed by atoms with E-state index in [0.717, 1.165) is 16.7 Å². The lowest BCUT2D eigenvalue weighted by Gasteiger charge is -2.46. The summed E-state index contributed by atoms with van der Waals surface area (Å²) in [5, 5.41) is 0. The number of rotatable bonds is 7. The highest BCUT2D eigenvalue weighted by atomic mass is 16.7. The third kappa shape index (κ3) is 4.97. The second kappa shape index (κ2) is 10.6. The van der Waals surface area contributed by atoms with Crippen LogP contribution in [0.15, 0.2) is 91.0 Å². The predicted octanol–water partition coefficient (Wildman–Crippen LogP) is 4.11. The van der Waals surface area contributed by atoms with Crippen LogP contribution in [-0.4, -0.2) is 48.9 Å². The highest BCUT2D eigenvalue weighted by molar-refractivity contribution is 5.90. The van der Waals surface area contributed by atoms with Gasteiger partial charge in [0.2, 0.25) is 0 Å². The largest absolute Gasteiger partial charge is 0.354 e. The van der Waals surface area contributed by atoms with Crippen LogP contribution in [0.5, 0.6) is 0 Å². The minimum Gasteiger partial charge on any atom is -0.354 e. The second-order valence-electron chi connectivity index (χ2n) is 8.63. The number of nitrogens with zero attached hydrogens (tertiary/aromatic N) is 1. The van der Waals surface area contributed by atoms with Crippen molar-refractivity contribution in [1.29, 1.82) is 0 Å². The molecule has 2 fully saturated rings. The van der Waals surface area contributed by atoms with E-state index in [1.807, 2.05) is 66.7 Å². The maximum absolute atomic E-state index is 13.9. The number of fused-ring (bicyclic) bond motifs is 1. The van der Waals surface area contributed by atoms with E-state index in [1.165, 1.54) is 0 Å². The molecule has 0 radical (unpaired) electrons. The van der Waals surface area contributed by atoms with Crippen molar-refractivity contribution in [3.8, 4) is 0 Å². The predicted molar refractivity (Wildman–Crippen MR) is 127 cm³/mol. The molecule has 0 bridgehead atoms. The van der Waals surface area contributed by atoms with Crippen LogP contribution in [0.25, 0.3) is 0 Å². The van der Waals surface area contributed by atoms with Gasteiger partial charge in [0.05, 0.1) is 6.61 Å². The van der Waals surface area contributed by atoms with Crippen LogP contribution in [0.4, 0.5) is 0 Å². The highest BCUT2D eigenvalue weighted by Crippen LogP contribution is 2.34. The molecule has 6 heteroatoms. The molecule has 0 unspecified atom stereocenters. The van der Waals surface area contributed by atoms with Gasteiger partial charge in [0.1, 0.15) is 18.2 Å². The quantitative estimate of drug-likeness (QED) is 0.530. The van der Waals surface area contributed by atoms with E-state index in [4.69, 9.17) is 18.9 Å². The Labute approximate surface area is 200 Å². The van der Waals surface area contributed by atoms with Crippen molar-refractivity contribution in [2.24, 2.45) is 0 Å². The summed E-state index contributed by atoms with van der Waals surface area (Å²) in [5.41, 5.74) is 3.10. The van der Waals surface area contributed by atoms with Gasteiger partial charge in [-0.3, -0.25) is 9.69 Å². The summed E-state index contributed by atoms with van der Waals surface area (Å²) in [4.78, 5) is 16.1. The van der Waals surface area contributed by atoms with Crippen molar-refractivity contribution in [1.82, 2.24) is 4.90 Å². The summed E-state index contributed by atoms with van der Waals surface area (Å²) in [6.07, 6.45) is -2.57. The van der Waals surface area contributed by atoms with Crippen LogP contribution in [0.2, 0.25) is 0 Å². The van der Waals surface area contributed by atoms with Crippen LogP contribution in [0.1, 0.15) is 23.0 Å². The van der Waals surface area contributed by atoms with Crippen LogP contribution in [0.3, 0.4) is 0 Å². The van der Waals surface area contributed by atoms with E-state index < -0.39 is 30.8 Å². The summed E-state index contributed by atoms with van der Waals surface area (Å²) < 4.78 is 24.0. The molecule has 0 amide bonds. The molecule has 34 heavy (non-hydrogen) atoms. The summed E-state index contributed by atoms with van der Waals surface area (Å²) >= 11 is 0. The monoisotopic (exact) mass is 459 g/mol. The van der Waals surface area contributed by atoms with Crippen LogP contribution in [0, 0.1) is 0 Å². The van der Waals surface area contributed by atoms with Gasteiger partial charge in [-0.25, -0.2) is 0 Å². The Bertz CT molecular complexity index is 1020. The zero-order chi connectivity index (χ0) is 23.3. The molecule has 3 aromatic rings. The molecule has 6 nitrogen and oxygen atoms in total. The average Bonchev–Trinajstić information content (AvgIpc) is 2.90. The minimum absolute atomic E-state index is 0.0424. The number of Topliss-reactive ketones (excluding diaryl/α,β-unsaturated/α-hetero) is 1. The van der Waals surface area contributed by atoms with Crippen molar-refractivity contribution in [2.75, 3.05) is 13.7 Å². The van der Waals surface area contributed by atoms with Gasteiger partial charge >= 0.3 is 0 Å². The van der Waals surface area contributed by atoms with Crippen LogP contribution in [-0.2, 0) is 36.8 Å². The molecule has 0 saturated carbocycles. The Morgan fingerprint density at radius 1 is 0.824 bits per heavy atom. The molecule has 0 aromatic heterocycles. The fourth-order valence-electron chi connectivity index (χ4n) is 4.65. The highest BCUT2D eigenvalue weighted by Gasteiger charge is 2.51. The molecule has 5 atom stereocenters. The van der Waals surface area contributed by atoms with Gasteiger partial charge in [-0.1, -0.05) is 91.0 Å². The van der Waals surface area contributed by atoms with E-state index in [0.29, 0.717) is 13.1 Å². The van der Waals surface area contributed by atoms with Gasteiger partial charge in [-0.15, -0.1) is 0 Å². The van der Waals surface area contributed by atoms with Crippen molar-refractivity contribution >= 4 is 5.78 Å². The molecule has 176 valence electrons. The Morgan fingerprint density at radius 3 is 1.94 bits per heavy atom. The van der Waals surface area contributed by atoms with Crippen LogP contribution < -0.4 is 0 Å². The normalized spacial score (nSPS) is 26.9. The molecule has 0 aliphatic carbocycles.